The molecule has 0 aliphatic carbocycles. The van der Waals surface area contributed by atoms with Crippen molar-refractivity contribution in [3.63, 3.8) is 0 Å². The topological polar surface area (TPSA) is 78.0 Å². The van der Waals surface area contributed by atoms with Crippen LogP contribution in [0.2, 0.25) is 0 Å². The van der Waals surface area contributed by atoms with Crippen LogP contribution in [-0.4, -0.2) is 34.0 Å². The second-order valence-corrected chi connectivity index (χ2v) is 7.17. The van der Waals surface area contributed by atoms with Gasteiger partial charge in [-0.05, 0) is 19.4 Å². The number of guanidine groups is 1. The summed E-state index contributed by atoms with van der Waals surface area (Å²) in [6.07, 6.45) is 4.66. The van der Waals surface area contributed by atoms with Gasteiger partial charge in [-0.25, -0.2) is 15.0 Å². The van der Waals surface area contributed by atoms with Gasteiger partial charge >= 0.3 is 0 Å². The van der Waals surface area contributed by atoms with Gasteiger partial charge in [-0.3, -0.25) is 0 Å². The fourth-order valence-electron chi connectivity index (χ4n) is 2.51. The predicted molar refractivity (Wildman–Crippen MR) is 107 cm³/mol. The number of imidazole rings is 1. The van der Waals surface area contributed by atoms with Crippen molar-refractivity contribution in [2.75, 3.05) is 13.1 Å². The molecule has 0 amide bonds. The van der Waals surface area contributed by atoms with E-state index in [1.54, 1.807) is 11.3 Å². The molecule has 136 valence electrons. The lowest BCUT2D eigenvalue weighted by molar-refractivity contribution is 0.791. The van der Waals surface area contributed by atoms with E-state index in [2.05, 4.69) is 56.6 Å². The number of aromatic nitrogens is 3. The number of aliphatic imine (C=N–C) groups is 1. The Hall–Kier alpha value is -2.67. The Morgan fingerprint density at radius 3 is 2.73 bits per heavy atom. The Morgan fingerprint density at radius 2 is 2.00 bits per heavy atom. The lowest BCUT2D eigenvalue weighted by Gasteiger charge is -2.10. The number of benzene rings is 1. The number of aryl methyl sites for hydroxylation is 1. The van der Waals surface area contributed by atoms with Crippen molar-refractivity contribution >= 4 is 17.3 Å². The summed E-state index contributed by atoms with van der Waals surface area (Å²) < 4.78 is 0. The molecule has 0 atom stereocenters. The van der Waals surface area contributed by atoms with Crippen LogP contribution in [0.4, 0.5) is 0 Å². The second kappa shape index (κ2) is 9.15. The first-order chi connectivity index (χ1) is 12.7. The van der Waals surface area contributed by atoms with Crippen LogP contribution in [0.5, 0.6) is 0 Å². The van der Waals surface area contributed by atoms with E-state index in [1.807, 2.05) is 30.6 Å². The highest BCUT2D eigenvalue weighted by Crippen LogP contribution is 2.16. The molecular weight excluding hydrogens is 344 g/mol. The predicted octanol–water partition coefficient (Wildman–Crippen LogP) is 3.14. The number of hydrogen-bond donors (Lipinski definition) is 3. The van der Waals surface area contributed by atoms with Crippen LogP contribution in [0.15, 0.2) is 47.7 Å². The third kappa shape index (κ3) is 5.16. The van der Waals surface area contributed by atoms with E-state index in [1.165, 1.54) is 4.88 Å². The molecule has 3 aromatic rings. The molecule has 7 heteroatoms. The SMILES string of the molecule is CCNC(=NCc1ncc(-c2ccccc2)[nH]1)NCCc1ncc(C)s1. The van der Waals surface area contributed by atoms with Gasteiger partial charge in [0.1, 0.15) is 12.4 Å². The van der Waals surface area contributed by atoms with Gasteiger partial charge in [0.05, 0.1) is 16.9 Å². The standard InChI is InChI=1S/C19H24N6S/c1-3-20-19(21-10-9-18-23-11-14(2)26-18)24-13-17-22-12-16(25-17)15-7-5-4-6-8-15/h4-8,11-12H,3,9-10,13H2,1-2H3,(H,22,25)(H2,20,21,24). The summed E-state index contributed by atoms with van der Waals surface area (Å²) >= 11 is 1.74. The van der Waals surface area contributed by atoms with Crippen molar-refractivity contribution in [3.05, 3.63) is 58.4 Å². The molecule has 0 aliphatic rings. The summed E-state index contributed by atoms with van der Waals surface area (Å²) in [5.41, 5.74) is 2.13. The van der Waals surface area contributed by atoms with E-state index in [4.69, 9.17) is 0 Å². The molecular formula is C19H24N6S. The Bertz CT molecular complexity index is 837. The first-order valence-electron chi connectivity index (χ1n) is 8.77. The van der Waals surface area contributed by atoms with E-state index in [-0.39, 0.29) is 0 Å². The van der Waals surface area contributed by atoms with Gasteiger partial charge in [0.25, 0.3) is 0 Å². The highest BCUT2D eigenvalue weighted by molar-refractivity contribution is 7.11. The number of H-pyrrole nitrogens is 1. The highest BCUT2D eigenvalue weighted by Gasteiger charge is 2.04. The summed E-state index contributed by atoms with van der Waals surface area (Å²) in [5.74, 6) is 1.63. The lowest BCUT2D eigenvalue weighted by Crippen LogP contribution is -2.38. The van der Waals surface area contributed by atoms with Crippen LogP contribution >= 0.6 is 11.3 Å². The van der Waals surface area contributed by atoms with Gasteiger partial charge in [-0.2, -0.15) is 0 Å². The Labute approximate surface area is 157 Å². The molecule has 0 fully saturated rings. The number of aromatic amines is 1. The van der Waals surface area contributed by atoms with Crippen molar-refractivity contribution in [3.8, 4) is 11.3 Å². The molecule has 26 heavy (non-hydrogen) atoms. The van der Waals surface area contributed by atoms with Crippen molar-refractivity contribution in [2.24, 2.45) is 4.99 Å². The smallest absolute Gasteiger partial charge is 0.191 e. The summed E-state index contributed by atoms with van der Waals surface area (Å²) in [6.45, 7) is 6.25. The quantitative estimate of drug-likeness (QED) is 0.442. The number of hydrogen-bond acceptors (Lipinski definition) is 4. The number of nitrogens with zero attached hydrogens (tertiary/aromatic N) is 3. The maximum absolute atomic E-state index is 4.61. The minimum Gasteiger partial charge on any atom is -0.357 e. The van der Waals surface area contributed by atoms with E-state index >= 15 is 0 Å². The molecule has 0 radical (unpaired) electrons. The van der Waals surface area contributed by atoms with E-state index in [9.17, 15) is 0 Å². The van der Waals surface area contributed by atoms with Crippen LogP contribution in [0, 0.1) is 6.92 Å². The first-order valence-corrected chi connectivity index (χ1v) is 9.59. The zero-order valence-electron chi connectivity index (χ0n) is 15.1. The second-order valence-electron chi connectivity index (χ2n) is 5.85. The molecule has 3 N–H and O–H groups in total. The van der Waals surface area contributed by atoms with Gasteiger partial charge in [0.15, 0.2) is 5.96 Å². The van der Waals surface area contributed by atoms with Crippen molar-refractivity contribution < 1.29 is 0 Å². The monoisotopic (exact) mass is 368 g/mol. The van der Waals surface area contributed by atoms with Gasteiger partial charge in [-0.1, -0.05) is 30.3 Å². The maximum atomic E-state index is 4.61. The van der Waals surface area contributed by atoms with Crippen molar-refractivity contribution in [1.29, 1.82) is 0 Å². The molecule has 0 unspecified atom stereocenters. The van der Waals surface area contributed by atoms with Crippen molar-refractivity contribution in [1.82, 2.24) is 25.6 Å². The highest BCUT2D eigenvalue weighted by atomic mass is 32.1. The average molecular weight is 369 g/mol. The Kier molecular flexibility index (Phi) is 6.38. The molecule has 2 heterocycles. The number of thiazole rings is 1. The molecule has 0 bridgehead atoms. The van der Waals surface area contributed by atoms with Crippen LogP contribution < -0.4 is 10.6 Å². The van der Waals surface area contributed by atoms with Crippen LogP contribution in [0.25, 0.3) is 11.3 Å². The minimum atomic E-state index is 0.499. The van der Waals surface area contributed by atoms with E-state index < -0.39 is 0 Å². The largest absolute Gasteiger partial charge is 0.357 e. The van der Waals surface area contributed by atoms with Crippen molar-refractivity contribution in [2.45, 2.75) is 26.8 Å². The first kappa shape index (κ1) is 18.1. The third-order valence-corrected chi connectivity index (χ3v) is 4.72. The summed E-state index contributed by atoms with van der Waals surface area (Å²) in [7, 11) is 0. The van der Waals surface area contributed by atoms with Gasteiger partial charge in [-0.15, -0.1) is 11.3 Å². The minimum absolute atomic E-state index is 0.499. The molecule has 0 saturated carbocycles. The fourth-order valence-corrected chi connectivity index (χ4v) is 3.29. The Morgan fingerprint density at radius 1 is 1.15 bits per heavy atom. The normalized spacial score (nSPS) is 11.5. The molecule has 2 aromatic heterocycles. The van der Waals surface area contributed by atoms with E-state index in [0.717, 1.165) is 47.6 Å². The molecule has 6 nitrogen and oxygen atoms in total. The van der Waals surface area contributed by atoms with Crippen LogP contribution in [0.3, 0.4) is 0 Å². The zero-order valence-corrected chi connectivity index (χ0v) is 15.9. The maximum Gasteiger partial charge on any atom is 0.191 e. The molecule has 3 rings (SSSR count). The molecule has 0 spiro atoms. The number of nitrogens with one attached hydrogen (secondary N) is 3. The number of rotatable bonds is 7. The zero-order chi connectivity index (χ0) is 18.2. The molecule has 0 aliphatic heterocycles. The average Bonchev–Trinajstić information content (AvgIpc) is 3.29. The van der Waals surface area contributed by atoms with Crippen LogP contribution in [0.1, 0.15) is 22.6 Å². The lowest BCUT2D eigenvalue weighted by atomic mass is 10.2. The summed E-state index contributed by atoms with van der Waals surface area (Å²) in [4.78, 5) is 18.0. The molecule has 1 aromatic carbocycles. The van der Waals surface area contributed by atoms with Crippen LogP contribution in [-0.2, 0) is 13.0 Å². The van der Waals surface area contributed by atoms with Gasteiger partial charge < -0.3 is 15.6 Å². The fraction of sp³-hybridized carbons (Fsp3) is 0.316. The third-order valence-electron chi connectivity index (χ3n) is 3.74. The summed E-state index contributed by atoms with van der Waals surface area (Å²) in [5, 5.41) is 7.76. The Balaban J connectivity index is 1.56. The van der Waals surface area contributed by atoms with E-state index in [0.29, 0.717) is 6.54 Å². The summed E-state index contributed by atoms with van der Waals surface area (Å²) in [6, 6.07) is 10.2. The molecule has 0 saturated heterocycles. The van der Waals surface area contributed by atoms with Gasteiger partial charge in [0.2, 0.25) is 0 Å². The van der Waals surface area contributed by atoms with Gasteiger partial charge in [0, 0.05) is 30.6 Å².